The molecule has 0 bridgehead atoms. The number of carbonyl (C=O) groups is 1. The Morgan fingerprint density at radius 3 is 2.75 bits per heavy atom. The second-order valence-electron chi connectivity index (χ2n) is 2.07. The Balaban J connectivity index is 3.60. The van der Waals surface area contributed by atoms with Crippen molar-refractivity contribution >= 4 is 5.78 Å². The molecular formula is C8H9NO3. The number of Topliss-reactive ketones (excluding diaryl/α,β-unsaturated/α-hetero) is 1. The Labute approximate surface area is 73.5 Å². The van der Waals surface area contributed by atoms with Gasteiger partial charge in [0.05, 0.1) is 10.7 Å². The number of aromatic hydroxyl groups is 2. The Morgan fingerprint density at radius 1 is 1.50 bits per heavy atom. The third-order valence-corrected chi connectivity index (χ3v) is 1.24. The molecule has 0 radical (unpaired) electrons. The summed E-state index contributed by atoms with van der Waals surface area (Å²) in [6.45, 7) is -0.429. The van der Waals surface area contributed by atoms with Gasteiger partial charge in [0.1, 0.15) is 0 Å². The highest BCUT2D eigenvalue weighted by atomic mass is 16.3. The van der Waals surface area contributed by atoms with Crippen LogP contribution in [0.3, 0.4) is 0 Å². The molecule has 0 aliphatic rings. The molecule has 0 unspecified atom stereocenters. The largest absolute Gasteiger partial charge is 0.504 e. The zero-order valence-corrected chi connectivity index (χ0v) is 6.09. The number of nitrogens with two attached hydrogens (primary N) is 1. The predicted molar refractivity (Wildman–Crippen MR) is 43.2 cm³/mol. The molecule has 4 N–H and O–H groups in total. The van der Waals surface area contributed by atoms with Crippen LogP contribution < -0.4 is 5.73 Å². The molecule has 0 saturated carbocycles. The number of carbonyl (C=O) groups excluding carboxylic acids is 1. The van der Waals surface area contributed by atoms with E-state index in [1.807, 2.05) is 0 Å². The summed E-state index contributed by atoms with van der Waals surface area (Å²) < 4.78 is 21.9. The second-order valence-corrected chi connectivity index (χ2v) is 2.07. The van der Waals surface area contributed by atoms with E-state index in [0.29, 0.717) is 0 Å². The summed E-state index contributed by atoms with van der Waals surface area (Å²) in [4.78, 5) is 11.2. The highest BCUT2D eigenvalue weighted by molar-refractivity contribution is 5.98. The fourth-order valence-electron chi connectivity index (χ4n) is 0.631. The number of phenolic OH excluding ortho intramolecular Hbond substituents is 2. The van der Waals surface area contributed by atoms with Crippen LogP contribution in [0.2, 0.25) is 0 Å². The van der Waals surface area contributed by atoms with Gasteiger partial charge in [0.15, 0.2) is 17.3 Å². The van der Waals surface area contributed by atoms with Crippen molar-refractivity contribution < 1.29 is 19.1 Å². The summed E-state index contributed by atoms with van der Waals surface area (Å²) >= 11 is 0. The third-order valence-electron chi connectivity index (χ3n) is 1.24. The van der Waals surface area contributed by atoms with E-state index in [9.17, 15) is 9.90 Å². The first-order valence-corrected chi connectivity index (χ1v) is 3.16. The minimum atomic E-state index is -0.882. The first kappa shape index (κ1) is 5.16. The van der Waals surface area contributed by atoms with Gasteiger partial charge in [-0.3, -0.25) is 4.79 Å². The number of hydrogen-bond donors (Lipinski definition) is 3. The van der Waals surface area contributed by atoms with Crippen molar-refractivity contribution in [2.75, 3.05) is 6.54 Å². The maximum Gasteiger partial charge on any atom is 0.176 e. The molecule has 0 aliphatic heterocycles. The van der Waals surface area contributed by atoms with E-state index >= 15 is 0 Å². The van der Waals surface area contributed by atoms with Crippen LogP contribution in [0, 0.1) is 0 Å². The van der Waals surface area contributed by atoms with E-state index in [-0.39, 0.29) is 0 Å². The van der Waals surface area contributed by atoms with Crippen molar-refractivity contribution in [3.05, 3.63) is 23.7 Å². The van der Waals surface area contributed by atoms with Gasteiger partial charge in [-0.05, 0) is 18.1 Å². The normalized spacial score (nSPS) is 13.2. The van der Waals surface area contributed by atoms with Crippen molar-refractivity contribution in [3.63, 3.8) is 0 Å². The quantitative estimate of drug-likeness (QED) is 0.438. The van der Waals surface area contributed by atoms with E-state index in [2.05, 4.69) is 0 Å². The van der Waals surface area contributed by atoms with Crippen LogP contribution in [0.25, 0.3) is 0 Å². The van der Waals surface area contributed by atoms with Crippen molar-refractivity contribution in [2.24, 2.45) is 5.73 Å². The molecule has 4 heteroatoms. The van der Waals surface area contributed by atoms with E-state index in [1.165, 1.54) is 0 Å². The number of rotatable bonds is 2. The fraction of sp³-hybridized carbons (Fsp3) is 0.125. The highest BCUT2D eigenvalue weighted by Gasteiger charge is 2.05. The smallest absolute Gasteiger partial charge is 0.176 e. The SMILES string of the molecule is [2H]c1c([2H])c(C(=O)CN)c([2H])c(O)c1O. The van der Waals surface area contributed by atoms with E-state index in [4.69, 9.17) is 15.0 Å². The van der Waals surface area contributed by atoms with Crippen LogP contribution in [0.1, 0.15) is 14.5 Å². The van der Waals surface area contributed by atoms with Crippen molar-refractivity contribution in [1.82, 2.24) is 0 Å². The lowest BCUT2D eigenvalue weighted by Gasteiger charge is -2.00. The minimum absolute atomic E-state index is 0.429. The molecular weight excluding hydrogens is 158 g/mol. The number of ketones is 1. The first-order valence-electron chi connectivity index (χ1n) is 4.66. The van der Waals surface area contributed by atoms with Gasteiger partial charge in [-0.25, -0.2) is 0 Å². The lowest BCUT2D eigenvalue weighted by molar-refractivity contribution is 0.100. The molecule has 0 spiro atoms. The van der Waals surface area contributed by atoms with Gasteiger partial charge in [0.25, 0.3) is 0 Å². The number of benzene rings is 1. The maximum absolute atomic E-state index is 11.2. The van der Waals surface area contributed by atoms with E-state index in [1.54, 1.807) is 0 Å². The van der Waals surface area contributed by atoms with Gasteiger partial charge in [-0.15, -0.1) is 0 Å². The van der Waals surface area contributed by atoms with Crippen LogP contribution in [0.4, 0.5) is 0 Å². The Morgan fingerprint density at radius 2 is 2.17 bits per heavy atom. The van der Waals surface area contributed by atoms with Gasteiger partial charge in [0, 0.05) is 5.56 Å². The molecule has 0 saturated heterocycles. The minimum Gasteiger partial charge on any atom is -0.504 e. The van der Waals surface area contributed by atoms with Crippen molar-refractivity contribution in [1.29, 1.82) is 0 Å². The maximum atomic E-state index is 11.2. The summed E-state index contributed by atoms with van der Waals surface area (Å²) in [5.41, 5.74) is 4.61. The molecule has 0 amide bonds. The number of phenols is 2. The Hall–Kier alpha value is -1.55. The molecule has 0 atom stereocenters. The van der Waals surface area contributed by atoms with Gasteiger partial charge in [-0.1, -0.05) is 0 Å². The van der Waals surface area contributed by atoms with Crippen LogP contribution in [-0.4, -0.2) is 22.5 Å². The van der Waals surface area contributed by atoms with Gasteiger partial charge >= 0.3 is 0 Å². The standard InChI is InChI=1S/C8H9NO3/c9-4-8(12)5-1-2-6(10)7(11)3-5/h1-3,10-11H,4,9H2/i1D,2D,3D. The van der Waals surface area contributed by atoms with Crippen LogP contribution >= 0.6 is 0 Å². The number of hydrogen-bond acceptors (Lipinski definition) is 4. The Bertz CT molecular complexity index is 405. The average Bonchev–Trinajstić information content (AvgIpc) is 2.23. The van der Waals surface area contributed by atoms with Gasteiger partial charge in [0.2, 0.25) is 0 Å². The summed E-state index contributed by atoms with van der Waals surface area (Å²) in [6.07, 6.45) is 0. The van der Waals surface area contributed by atoms with Crippen molar-refractivity contribution in [3.8, 4) is 11.5 Å². The van der Waals surface area contributed by atoms with Crippen LogP contribution in [0.5, 0.6) is 11.5 Å². The highest BCUT2D eigenvalue weighted by Crippen LogP contribution is 2.24. The lowest BCUT2D eigenvalue weighted by atomic mass is 10.1. The zero-order chi connectivity index (χ0) is 11.7. The summed E-state index contributed by atoms with van der Waals surface area (Å²) in [7, 11) is 0. The summed E-state index contributed by atoms with van der Waals surface area (Å²) in [5.74, 6) is -2.49. The topological polar surface area (TPSA) is 83.6 Å². The summed E-state index contributed by atoms with van der Waals surface area (Å²) in [5, 5.41) is 18.3. The fourth-order valence-corrected chi connectivity index (χ4v) is 0.631. The third kappa shape index (κ3) is 1.54. The van der Waals surface area contributed by atoms with Crippen LogP contribution in [0.15, 0.2) is 18.1 Å². The molecule has 0 aliphatic carbocycles. The van der Waals surface area contributed by atoms with Crippen LogP contribution in [-0.2, 0) is 0 Å². The molecule has 1 aromatic rings. The lowest BCUT2D eigenvalue weighted by Crippen LogP contribution is -2.13. The molecule has 64 valence electrons. The monoisotopic (exact) mass is 170 g/mol. The van der Waals surface area contributed by atoms with Crippen molar-refractivity contribution in [2.45, 2.75) is 0 Å². The van der Waals surface area contributed by atoms with E-state index < -0.39 is 47.5 Å². The first-order chi connectivity index (χ1) is 6.91. The molecule has 12 heavy (non-hydrogen) atoms. The second kappa shape index (κ2) is 3.23. The Kier molecular flexibility index (Phi) is 1.39. The van der Waals surface area contributed by atoms with Gasteiger partial charge in [-0.2, -0.15) is 0 Å². The molecule has 4 nitrogen and oxygen atoms in total. The molecule has 1 aromatic carbocycles. The molecule has 0 fully saturated rings. The summed E-state index contributed by atoms with van der Waals surface area (Å²) in [6, 6.07) is -1.98. The van der Waals surface area contributed by atoms with Gasteiger partial charge < -0.3 is 15.9 Å². The zero-order valence-electron chi connectivity index (χ0n) is 9.09. The molecule has 0 heterocycles. The molecule has 0 aromatic heterocycles. The van der Waals surface area contributed by atoms with E-state index in [0.717, 1.165) is 0 Å². The average molecular weight is 170 g/mol. The molecule has 1 rings (SSSR count). The predicted octanol–water partition coefficient (Wildman–Crippen LogP) is 0.239.